The van der Waals surface area contributed by atoms with Crippen LogP contribution in [-0.4, -0.2) is 46.1 Å². The number of carbonyl (C=O) groups excluding carboxylic acids is 4. The van der Waals surface area contributed by atoms with E-state index in [2.05, 4.69) is 5.32 Å². The number of hydrogen-bond donors (Lipinski definition) is 1. The summed E-state index contributed by atoms with van der Waals surface area (Å²) in [5.41, 5.74) is -0.822. The van der Waals surface area contributed by atoms with E-state index in [1.807, 2.05) is 0 Å². The van der Waals surface area contributed by atoms with E-state index >= 15 is 0 Å². The topological polar surface area (TPSA) is 86.8 Å². The molecule has 0 atom stereocenters. The average Bonchev–Trinajstić information content (AvgIpc) is 2.70. The number of rotatable bonds is 4. The van der Waals surface area contributed by atoms with Crippen LogP contribution >= 0.6 is 0 Å². The van der Waals surface area contributed by atoms with E-state index in [0.29, 0.717) is 4.90 Å². The van der Waals surface area contributed by atoms with Crippen molar-refractivity contribution >= 4 is 29.4 Å². The van der Waals surface area contributed by atoms with Crippen LogP contribution in [0.15, 0.2) is 24.3 Å². The van der Waals surface area contributed by atoms with Gasteiger partial charge in [0.25, 0.3) is 0 Å². The predicted molar refractivity (Wildman–Crippen MR) is 79.2 cm³/mol. The van der Waals surface area contributed by atoms with Crippen molar-refractivity contribution in [2.45, 2.75) is 26.1 Å². The molecule has 0 unspecified atom stereocenters. The molecule has 5 amide bonds. The first kappa shape index (κ1) is 18.4. The van der Waals surface area contributed by atoms with Gasteiger partial charge in [0, 0.05) is 11.7 Å². The molecule has 0 spiro atoms. The number of alkyl halides is 3. The highest BCUT2D eigenvalue weighted by Crippen LogP contribution is 2.29. The lowest BCUT2D eigenvalue weighted by Gasteiger charge is -2.18. The first-order valence-corrected chi connectivity index (χ1v) is 7.18. The minimum absolute atomic E-state index is 0.0594. The molecule has 1 aromatic carbocycles. The summed E-state index contributed by atoms with van der Waals surface area (Å²) in [4.78, 5) is 48.6. The standard InChI is InChI=1S/C15H14F3N3O4/c1-8(2)21-13(24)12(23)20(14(21)25)7-11(22)19-10-5-3-9(4-6-10)15(16,17)18/h3-6,8H,7H2,1-2H3,(H,19,22). The number of halogens is 3. The van der Waals surface area contributed by atoms with Gasteiger partial charge < -0.3 is 5.32 Å². The summed E-state index contributed by atoms with van der Waals surface area (Å²) in [6, 6.07) is 2.19. The maximum absolute atomic E-state index is 12.5. The number of hydrogen-bond acceptors (Lipinski definition) is 4. The summed E-state index contributed by atoms with van der Waals surface area (Å²) in [5, 5.41) is 2.27. The average molecular weight is 357 g/mol. The molecule has 1 aliphatic heterocycles. The largest absolute Gasteiger partial charge is 0.416 e. The summed E-state index contributed by atoms with van der Waals surface area (Å²) in [7, 11) is 0. The Hall–Kier alpha value is -2.91. The Balaban J connectivity index is 2.04. The van der Waals surface area contributed by atoms with Crippen molar-refractivity contribution in [2.24, 2.45) is 0 Å². The molecule has 1 N–H and O–H groups in total. The minimum Gasteiger partial charge on any atom is -0.325 e. The normalized spacial score (nSPS) is 15.4. The van der Waals surface area contributed by atoms with Crippen LogP contribution in [0.3, 0.4) is 0 Å². The summed E-state index contributed by atoms with van der Waals surface area (Å²) in [6.07, 6.45) is -4.50. The molecule has 1 heterocycles. The lowest BCUT2D eigenvalue weighted by atomic mass is 10.2. The Morgan fingerprint density at radius 2 is 1.64 bits per heavy atom. The van der Waals surface area contributed by atoms with Gasteiger partial charge in [0.2, 0.25) is 5.91 Å². The van der Waals surface area contributed by atoms with Gasteiger partial charge in [0.05, 0.1) is 5.56 Å². The fraction of sp³-hybridized carbons (Fsp3) is 0.333. The Morgan fingerprint density at radius 3 is 2.08 bits per heavy atom. The van der Waals surface area contributed by atoms with E-state index in [0.717, 1.165) is 29.2 Å². The Morgan fingerprint density at radius 1 is 1.08 bits per heavy atom. The number of nitrogens with zero attached hydrogens (tertiary/aromatic N) is 2. The van der Waals surface area contributed by atoms with E-state index in [1.54, 1.807) is 0 Å². The van der Waals surface area contributed by atoms with Crippen LogP contribution in [0.5, 0.6) is 0 Å². The summed E-state index contributed by atoms with van der Waals surface area (Å²) >= 11 is 0. The summed E-state index contributed by atoms with van der Waals surface area (Å²) in [6.45, 7) is 2.36. The maximum Gasteiger partial charge on any atom is 0.416 e. The van der Waals surface area contributed by atoms with Crippen LogP contribution in [0.1, 0.15) is 19.4 Å². The number of amides is 5. The second-order valence-electron chi connectivity index (χ2n) is 5.57. The van der Waals surface area contributed by atoms with Crippen molar-refractivity contribution in [3.05, 3.63) is 29.8 Å². The zero-order chi connectivity index (χ0) is 18.9. The first-order chi connectivity index (χ1) is 11.5. The monoisotopic (exact) mass is 357 g/mol. The number of anilines is 1. The molecule has 0 saturated carbocycles. The number of benzene rings is 1. The Kier molecular flexibility index (Phi) is 4.82. The molecular weight excluding hydrogens is 343 g/mol. The van der Waals surface area contributed by atoms with Crippen LogP contribution in [0.2, 0.25) is 0 Å². The van der Waals surface area contributed by atoms with Crippen molar-refractivity contribution in [1.29, 1.82) is 0 Å². The third-order valence-electron chi connectivity index (χ3n) is 3.40. The second kappa shape index (κ2) is 6.54. The smallest absolute Gasteiger partial charge is 0.325 e. The SMILES string of the molecule is CC(C)N1C(=O)C(=O)N(CC(=O)Nc2ccc(C(F)(F)F)cc2)C1=O. The van der Waals surface area contributed by atoms with E-state index in [-0.39, 0.29) is 5.69 Å². The van der Waals surface area contributed by atoms with Crippen LogP contribution < -0.4 is 5.32 Å². The highest BCUT2D eigenvalue weighted by molar-refractivity contribution is 6.45. The molecule has 7 nitrogen and oxygen atoms in total. The molecule has 1 aromatic rings. The zero-order valence-corrected chi connectivity index (χ0v) is 13.3. The zero-order valence-electron chi connectivity index (χ0n) is 13.3. The molecule has 1 fully saturated rings. The van der Waals surface area contributed by atoms with E-state index < -0.39 is 48.1 Å². The molecule has 134 valence electrons. The third-order valence-corrected chi connectivity index (χ3v) is 3.40. The molecule has 25 heavy (non-hydrogen) atoms. The first-order valence-electron chi connectivity index (χ1n) is 7.18. The fourth-order valence-corrected chi connectivity index (χ4v) is 2.20. The lowest BCUT2D eigenvalue weighted by molar-refractivity contribution is -0.144. The van der Waals surface area contributed by atoms with E-state index in [4.69, 9.17) is 0 Å². The predicted octanol–water partition coefficient (Wildman–Crippen LogP) is 1.84. The van der Waals surface area contributed by atoms with E-state index in [9.17, 15) is 32.3 Å². The highest BCUT2D eigenvalue weighted by Gasteiger charge is 2.46. The van der Waals surface area contributed by atoms with Crippen molar-refractivity contribution in [2.75, 3.05) is 11.9 Å². The van der Waals surface area contributed by atoms with Gasteiger partial charge in [-0.2, -0.15) is 13.2 Å². The molecule has 0 radical (unpaired) electrons. The lowest BCUT2D eigenvalue weighted by Crippen LogP contribution is -2.40. The summed E-state index contributed by atoms with van der Waals surface area (Å²) in [5.74, 6) is -2.97. The number of nitrogens with one attached hydrogen (secondary N) is 1. The van der Waals surface area contributed by atoms with Crippen molar-refractivity contribution in [1.82, 2.24) is 9.80 Å². The van der Waals surface area contributed by atoms with Crippen LogP contribution in [0.4, 0.5) is 23.7 Å². The van der Waals surface area contributed by atoms with E-state index in [1.165, 1.54) is 13.8 Å². The Labute approximate surface area is 140 Å². The van der Waals surface area contributed by atoms with Gasteiger partial charge in [-0.05, 0) is 38.1 Å². The van der Waals surface area contributed by atoms with Gasteiger partial charge in [-0.25, -0.2) is 9.69 Å². The van der Waals surface area contributed by atoms with Gasteiger partial charge >= 0.3 is 24.0 Å². The molecule has 1 aliphatic rings. The minimum atomic E-state index is -4.50. The van der Waals surface area contributed by atoms with Gasteiger partial charge in [0.1, 0.15) is 6.54 Å². The molecule has 0 bridgehead atoms. The van der Waals surface area contributed by atoms with Crippen LogP contribution in [-0.2, 0) is 20.6 Å². The number of imide groups is 2. The molecule has 10 heteroatoms. The number of carbonyl (C=O) groups is 4. The molecule has 2 rings (SSSR count). The second-order valence-corrected chi connectivity index (χ2v) is 5.57. The molecule has 0 aliphatic carbocycles. The molecule has 0 aromatic heterocycles. The van der Waals surface area contributed by atoms with Gasteiger partial charge in [-0.1, -0.05) is 0 Å². The van der Waals surface area contributed by atoms with Crippen molar-refractivity contribution in [3.63, 3.8) is 0 Å². The van der Waals surface area contributed by atoms with Crippen molar-refractivity contribution in [3.8, 4) is 0 Å². The van der Waals surface area contributed by atoms with Crippen LogP contribution in [0.25, 0.3) is 0 Å². The highest BCUT2D eigenvalue weighted by atomic mass is 19.4. The quantitative estimate of drug-likeness (QED) is 0.658. The maximum atomic E-state index is 12.5. The van der Waals surface area contributed by atoms with Gasteiger partial charge in [-0.15, -0.1) is 0 Å². The third kappa shape index (κ3) is 3.78. The fourth-order valence-electron chi connectivity index (χ4n) is 2.20. The van der Waals surface area contributed by atoms with Gasteiger partial charge in [0.15, 0.2) is 0 Å². The Bertz CT molecular complexity index is 729. The number of urea groups is 1. The van der Waals surface area contributed by atoms with Crippen molar-refractivity contribution < 1.29 is 32.3 Å². The molecular formula is C15H14F3N3O4. The van der Waals surface area contributed by atoms with Crippen LogP contribution in [0, 0.1) is 0 Å². The summed E-state index contributed by atoms with van der Waals surface area (Å²) < 4.78 is 37.4. The van der Waals surface area contributed by atoms with Gasteiger partial charge in [-0.3, -0.25) is 19.3 Å². The molecule has 1 saturated heterocycles.